The van der Waals surface area contributed by atoms with E-state index in [1.54, 1.807) is 7.05 Å². The minimum Gasteiger partial charge on any atom is -0.380 e. The first kappa shape index (κ1) is 15.9. The Morgan fingerprint density at radius 3 is 2.80 bits per heavy atom. The number of carbonyl (C=O) groups is 1. The summed E-state index contributed by atoms with van der Waals surface area (Å²) in [5.41, 5.74) is 2.53. The maximum Gasteiger partial charge on any atom is 0.282 e. The molecule has 0 unspecified atom stereocenters. The summed E-state index contributed by atoms with van der Waals surface area (Å²) < 4.78 is 5.15. The number of carbonyl (C=O) groups excluding carboxylic acids is 1. The average molecular weight is 282 g/mol. The van der Waals surface area contributed by atoms with E-state index in [-0.39, 0.29) is 11.3 Å². The number of nitrogens with zero attached hydrogens (tertiary/aromatic N) is 2. The lowest BCUT2D eigenvalue weighted by molar-refractivity contribution is -0.385. The number of nitro groups is 1. The van der Waals surface area contributed by atoms with Crippen LogP contribution in [0.1, 0.15) is 17.3 Å². The highest BCUT2D eigenvalue weighted by Crippen LogP contribution is 2.23. The predicted molar refractivity (Wildman–Crippen MR) is 74.4 cm³/mol. The second-order valence-electron chi connectivity index (χ2n) is 4.06. The Bertz CT molecular complexity index is 492. The standard InChI is InChI=1S/C12H18N4O4/c1-3-20-7-6-15(2)12(17)10-8-9(14-13)4-5-11(10)16(18)19/h4-5,8,14H,3,6-7,13H2,1-2H3. The van der Waals surface area contributed by atoms with Gasteiger partial charge in [-0.2, -0.15) is 0 Å². The number of hydrazine groups is 1. The van der Waals surface area contributed by atoms with E-state index in [0.29, 0.717) is 25.4 Å². The van der Waals surface area contributed by atoms with E-state index in [9.17, 15) is 14.9 Å². The van der Waals surface area contributed by atoms with Crippen LogP contribution in [0.25, 0.3) is 0 Å². The number of rotatable bonds is 7. The second-order valence-corrected chi connectivity index (χ2v) is 4.06. The monoisotopic (exact) mass is 282 g/mol. The molecule has 0 saturated carbocycles. The van der Waals surface area contributed by atoms with Crippen LogP contribution in [0.5, 0.6) is 0 Å². The van der Waals surface area contributed by atoms with E-state index in [1.165, 1.54) is 23.1 Å². The fraction of sp³-hybridized carbons (Fsp3) is 0.417. The molecule has 0 atom stereocenters. The molecule has 3 N–H and O–H groups in total. The van der Waals surface area contributed by atoms with Gasteiger partial charge in [0.15, 0.2) is 0 Å². The Labute approximate surface area is 116 Å². The molecule has 1 aromatic rings. The highest BCUT2D eigenvalue weighted by atomic mass is 16.6. The molecule has 0 radical (unpaired) electrons. The van der Waals surface area contributed by atoms with Crippen molar-refractivity contribution >= 4 is 17.3 Å². The third-order valence-corrected chi connectivity index (χ3v) is 2.71. The first-order chi connectivity index (χ1) is 9.51. The van der Waals surface area contributed by atoms with Crippen molar-refractivity contribution in [3.05, 3.63) is 33.9 Å². The Balaban J connectivity index is 2.97. The van der Waals surface area contributed by atoms with Crippen LogP contribution in [0, 0.1) is 10.1 Å². The molecule has 0 spiro atoms. The minimum atomic E-state index is -0.593. The lowest BCUT2D eigenvalue weighted by atomic mass is 10.1. The topological polar surface area (TPSA) is 111 Å². The molecule has 0 aliphatic rings. The Morgan fingerprint density at radius 1 is 1.55 bits per heavy atom. The van der Waals surface area contributed by atoms with Gasteiger partial charge in [-0.05, 0) is 19.1 Å². The average Bonchev–Trinajstić information content (AvgIpc) is 2.45. The maximum absolute atomic E-state index is 12.2. The van der Waals surface area contributed by atoms with Gasteiger partial charge < -0.3 is 15.1 Å². The van der Waals surface area contributed by atoms with Crippen molar-refractivity contribution < 1.29 is 14.5 Å². The maximum atomic E-state index is 12.2. The number of nitrogens with one attached hydrogen (secondary N) is 1. The third kappa shape index (κ3) is 3.90. The number of nitrogen functional groups attached to an aromatic ring is 1. The van der Waals surface area contributed by atoms with Gasteiger partial charge >= 0.3 is 0 Å². The molecule has 20 heavy (non-hydrogen) atoms. The number of anilines is 1. The van der Waals surface area contributed by atoms with Crippen LogP contribution in [0.15, 0.2) is 18.2 Å². The van der Waals surface area contributed by atoms with Crippen molar-refractivity contribution in [3.8, 4) is 0 Å². The number of hydrogen-bond acceptors (Lipinski definition) is 6. The molecular weight excluding hydrogens is 264 g/mol. The van der Waals surface area contributed by atoms with Crippen molar-refractivity contribution in [1.82, 2.24) is 4.90 Å². The van der Waals surface area contributed by atoms with Gasteiger partial charge in [-0.1, -0.05) is 0 Å². The van der Waals surface area contributed by atoms with Gasteiger partial charge in [0.1, 0.15) is 5.56 Å². The molecule has 8 heteroatoms. The van der Waals surface area contributed by atoms with Crippen LogP contribution in [0.4, 0.5) is 11.4 Å². The molecule has 8 nitrogen and oxygen atoms in total. The minimum absolute atomic E-state index is 0.00977. The fourth-order valence-corrected chi connectivity index (χ4v) is 1.61. The predicted octanol–water partition coefficient (Wildman–Crippen LogP) is 0.989. The van der Waals surface area contributed by atoms with E-state index < -0.39 is 10.8 Å². The van der Waals surface area contributed by atoms with Gasteiger partial charge in [0.2, 0.25) is 0 Å². The molecule has 0 bridgehead atoms. The van der Waals surface area contributed by atoms with E-state index >= 15 is 0 Å². The molecule has 1 rings (SSSR count). The number of ether oxygens (including phenoxy) is 1. The summed E-state index contributed by atoms with van der Waals surface area (Å²) in [5.74, 6) is 4.80. The van der Waals surface area contributed by atoms with Crippen LogP contribution >= 0.6 is 0 Å². The summed E-state index contributed by atoms with van der Waals surface area (Å²) in [6, 6.07) is 4.05. The SMILES string of the molecule is CCOCCN(C)C(=O)c1cc(NN)ccc1[N+](=O)[O-]. The van der Waals surface area contributed by atoms with E-state index in [4.69, 9.17) is 10.6 Å². The zero-order chi connectivity index (χ0) is 15.1. The summed E-state index contributed by atoms with van der Waals surface area (Å²) in [5, 5.41) is 11.0. The van der Waals surface area contributed by atoms with Crippen molar-refractivity contribution in [3.63, 3.8) is 0 Å². The highest BCUT2D eigenvalue weighted by Gasteiger charge is 2.23. The lowest BCUT2D eigenvalue weighted by Gasteiger charge is -2.17. The zero-order valence-corrected chi connectivity index (χ0v) is 11.5. The normalized spacial score (nSPS) is 10.2. The smallest absolute Gasteiger partial charge is 0.282 e. The number of benzene rings is 1. The molecule has 0 saturated heterocycles. The second kappa shape index (κ2) is 7.41. The first-order valence-electron chi connectivity index (χ1n) is 6.09. The molecule has 0 fully saturated rings. The Kier molecular flexibility index (Phi) is 5.88. The van der Waals surface area contributed by atoms with Gasteiger partial charge in [-0.25, -0.2) is 0 Å². The van der Waals surface area contributed by atoms with Crippen LogP contribution in [-0.2, 0) is 4.74 Å². The first-order valence-corrected chi connectivity index (χ1v) is 6.09. The van der Waals surface area contributed by atoms with Crippen molar-refractivity contribution in [1.29, 1.82) is 0 Å². The van der Waals surface area contributed by atoms with Gasteiger partial charge in [0.25, 0.3) is 11.6 Å². The van der Waals surface area contributed by atoms with Crippen LogP contribution in [-0.4, -0.2) is 42.5 Å². The number of nitrogens with two attached hydrogens (primary N) is 1. The number of nitro benzene ring substituents is 1. The Hall–Kier alpha value is -2.19. The van der Waals surface area contributed by atoms with Crippen LogP contribution in [0.3, 0.4) is 0 Å². The van der Waals surface area contributed by atoms with E-state index in [0.717, 1.165) is 0 Å². The quantitative estimate of drug-likeness (QED) is 0.334. The van der Waals surface area contributed by atoms with Crippen molar-refractivity contribution in [2.75, 3.05) is 32.2 Å². The molecule has 0 aliphatic carbocycles. The fourth-order valence-electron chi connectivity index (χ4n) is 1.61. The van der Waals surface area contributed by atoms with Gasteiger partial charge in [-0.3, -0.25) is 20.8 Å². The largest absolute Gasteiger partial charge is 0.380 e. The summed E-state index contributed by atoms with van der Waals surface area (Å²) in [7, 11) is 1.56. The molecule has 0 heterocycles. The third-order valence-electron chi connectivity index (χ3n) is 2.71. The van der Waals surface area contributed by atoms with E-state index in [2.05, 4.69) is 5.43 Å². The van der Waals surface area contributed by atoms with Crippen LogP contribution < -0.4 is 11.3 Å². The highest BCUT2D eigenvalue weighted by molar-refractivity contribution is 5.99. The van der Waals surface area contributed by atoms with Gasteiger partial charge in [0.05, 0.1) is 11.5 Å². The molecule has 110 valence electrons. The number of hydrogen-bond donors (Lipinski definition) is 2. The molecular formula is C12H18N4O4. The lowest BCUT2D eigenvalue weighted by Crippen LogP contribution is -2.30. The van der Waals surface area contributed by atoms with Crippen LogP contribution in [0.2, 0.25) is 0 Å². The summed E-state index contributed by atoms with van der Waals surface area (Å²) in [6.07, 6.45) is 0. The molecule has 1 aromatic carbocycles. The molecule has 0 aromatic heterocycles. The molecule has 1 amide bonds. The van der Waals surface area contributed by atoms with Crippen molar-refractivity contribution in [2.24, 2.45) is 5.84 Å². The zero-order valence-electron chi connectivity index (χ0n) is 11.5. The van der Waals surface area contributed by atoms with E-state index in [1.807, 2.05) is 6.92 Å². The molecule has 0 aliphatic heterocycles. The van der Waals surface area contributed by atoms with Crippen molar-refractivity contribution in [2.45, 2.75) is 6.92 Å². The number of likely N-dealkylation sites (N-methyl/N-ethyl adjacent to an activating group) is 1. The summed E-state index contributed by atoms with van der Waals surface area (Å²) >= 11 is 0. The Morgan fingerprint density at radius 2 is 2.25 bits per heavy atom. The number of amides is 1. The van der Waals surface area contributed by atoms with Gasteiger partial charge in [0, 0.05) is 32.0 Å². The van der Waals surface area contributed by atoms with Gasteiger partial charge in [-0.15, -0.1) is 0 Å². The summed E-state index contributed by atoms with van der Waals surface area (Å²) in [4.78, 5) is 24.0. The summed E-state index contributed by atoms with van der Waals surface area (Å²) in [6.45, 7) is 3.13.